The molecule has 2 aliphatic rings. The molecule has 1 aliphatic heterocycles. The van der Waals surface area contributed by atoms with Gasteiger partial charge in [0.1, 0.15) is 0 Å². The minimum Gasteiger partial charge on any atom is -0.342 e. The lowest BCUT2D eigenvalue weighted by atomic mass is 9.79. The molecule has 1 unspecified atom stereocenters. The Morgan fingerprint density at radius 1 is 1.33 bits per heavy atom. The molecule has 1 N–H and O–H groups in total. The number of hydrogen-bond acceptors (Lipinski definition) is 2. The summed E-state index contributed by atoms with van der Waals surface area (Å²) in [5, 5.41) is 3.45. The maximum atomic E-state index is 12.4. The van der Waals surface area contributed by atoms with Gasteiger partial charge in [0.05, 0.1) is 0 Å². The summed E-state index contributed by atoms with van der Waals surface area (Å²) in [5.41, 5.74) is 0.0969. The molecule has 0 bridgehead atoms. The quantitative estimate of drug-likeness (QED) is 0.834. The van der Waals surface area contributed by atoms with Gasteiger partial charge in [-0.2, -0.15) is 0 Å². The zero-order chi connectivity index (χ0) is 13.0. The van der Waals surface area contributed by atoms with Gasteiger partial charge in [0.25, 0.3) is 0 Å². The minimum absolute atomic E-state index is 0.0969. The number of nitrogens with zero attached hydrogens (tertiary/aromatic N) is 1. The Kier molecular flexibility index (Phi) is 4.66. The minimum atomic E-state index is 0.0969. The van der Waals surface area contributed by atoms with Gasteiger partial charge in [-0.25, -0.2) is 0 Å². The third kappa shape index (κ3) is 3.05. The second kappa shape index (κ2) is 6.05. The number of carbonyl (C=O) groups is 1. The molecular weight excluding hydrogens is 224 g/mol. The van der Waals surface area contributed by atoms with Crippen molar-refractivity contribution in [3.8, 4) is 0 Å². The molecule has 1 saturated carbocycles. The Hall–Kier alpha value is -0.570. The van der Waals surface area contributed by atoms with Crippen molar-refractivity contribution in [1.82, 2.24) is 10.2 Å². The van der Waals surface area contributed by atoms with Crippen LogP contribution in [0.3, 0.4) is 0 Å². The monoisotopic (exact) mass is 252 g/mol. The van der Waals surface area contributed by atoms with E-state index in [9.17, 15) is 4.79 Å². The van der Waals surface area contributed by atoms with Gasteiger partial charge in [-0.15, -0.1) is 0 Å². The van der Waals surface area contributed by atoms with Gasteiger partial charge in [-0.3, -0.25) is 4.79 Å². The summed E-state index contributed by atoms with van der Waals surface area (Å²) in [5.74, 6) is 1.12. The number of nitrogens with one attached hydrogen (secondary N) is 1. The summed E-state index contributed by atoms with van der Waals surface area (Å²) in [6.07, 6.45) is 9.33. The SMILES string of the molecule is CCC1CCN(C(=O)CC2(NC)CCCCC2)C1. The van der Waals surface area contributed by atoms with Crippen molar-refractivity contribution < 1.29 is 4.79 Å². The number of amides is 1. The molecule has 0 aromatic rings. The van der Waals surface area contributed by atoms with Crippen LogP contribution >= 0.6 is 0 Å². The van der Waals surface area contributed by atoms with Crippen LogP contribution in [0.1, 0.15) is 58.3 Å². The normalized spacial score (nSPS) is 27.4. The Balaban J connectivity index is 1.89. The molecule has 0 radical (unpaired) electrons. The average molecular weight is 252 g/mol. The fourth-order valence-corrected chi connectivity index (χ4v) is 3.54. The Morgan fingerprint density at radius 3 is 2.61 bits per heavy atom. The van der Waals surface area contributed by atoms with Crippen LogP contribution in [0.15, 0.2) is 0 Å². The molecule has 18 heavy (non-hydrogen) atoms. The first kappa shape index (κ1) is 13.9. The molecular formula is C15H28N2O. The van der Waals surface area contributed by atoms with Crippen molar-refractivity contribution in [2.75, 3.05) is 20.1 Å². The van der Waals surface area contributed by atoms with Crippen LogP contribution in [-0.4, -0.2) is 36.5 Å². The van der Waals surface area contributed by atoms with Crippen molar-refractivity contribution in [1.29, 1.82) is 0 Å². The molecule has 3 nitrogen and oxygen atoms in total. The summed E-state index contributed by atoms with van der Waals surface area (Å²) < 4.78 is 0. The maximum absolute atomic E-state index is 12.4. The molecule has 1 aliphatic carbocycles. The van der Waals surface area contributed by atoms with E-state index in [1.54, 1.807) is 0 Å². The van der Waals surface area contributed by atoms with E-state index < -0.39 is 0 Å². The third-order valence-corrected chi connectivity index (χ3v) is 5.05. The van der Waals surface area contributed by atoms with E-state index >= 15 is 0 Å². The molecule has 2 rings (SSSR count). The van der Waals surface area contributed by atoms with E-state index in [1.165, 1.54) is 44.9 Å². The van der Waals surface area contributed by atoms with Crippen LogP contribution < -0.4 is 5.32 Å². The molecule has 0 aromatic carbocycles. The molecule has 2 fully saturated rings. The Morgan fingerprint density at radius 2 is 2.06 bits per heavy atom. The van der Waals surface area contributed by atoms with Crippen LogP contribution in [0.2, 0.25) is 0 Å². The number of likely N-dealkylation sites (tertiary alicyclic amines) is 1. The Bertz CT molecular complexity index is 284. The third-order valence-electron chi connectivity index (χ3n) is 5.05. The number of carbonyl (C=O) groups excluding carboxylic acids is 1. The van der Waals surface area contributed by atoms with Crippen LogP contribution in [0.4, 0.5) is 0 Å². The predicted octanol–water partition coefficient (Wildman–Crippen LogP) is 2.56. The van der Waals surface area contributed by atoms with Gasteiger partial charge >= 0.3 is 0 Å². The van der Waals surface area contributed by atoms with Crippen molar-refractivity contribution in [2.24, 2.45) is 5.92 Å². The highest BCUT2D eigenvalue weighted by atomic mass is 16.2. The smallest absolute Gasteiger partial charge is 0.224 e. The fourth-order valence-electron chi connectivity index (χ4n) is 3.54. The number of rotatable bonds is 4. The first-order valence-electron chi connectivity index (χ1n) is 7.66. The largest absolute Gasteiger partial charge is 0.342 e. The second-order valence-electron chi connectivity index (χ2n) is 6.17. The van der Waals surface area contributed by atoms with E-state index in [0.717, 1.165) is 19.0 Å². The highest BCUT2D eigenvalue weighted by Crippen LogP contribution is 2.32. The maximum Gasteiger partial charge on any atom is 0.224 e. The topological polar surface area (TPSA) is 32.3 Å². The van der Waals surface area contributed by atoms with Gasteiger partial charge in [-0.1, -0.05) is 32.6 Å². The lowest BCUT2D eigenvalue weighted by Gasteiger charge is -2.37. The van der Waals surface area contributed by atoms with Crippen molar-refractivity contribution >= 4 is 5.91 Å². The molecule has 104 valence electrons. The molecule has 1 atom stereocenters. The molecule has 1 heterocycles. The second-order valence-corrected chi connectivity index (χ2v) is 6.17. The van der Waals surface area contributed by atoms with Crippen molar-refractivity contribution in [3.05, 3.63) is 0 Å². The van der Waals surface area contributed by atoms with Crippen LogP contribution in [0.5, 0.6) is 0 Å². The first-order chi connectivity index (χ1) is 8.69. The van der Waals surface area contributed by atoms with E-state index in [4.69, 9.17) is 0 Å². The van der Waals surface area contributed by atoms with Gasteiger partial charge in [0.15, 0.2) is 0 Å². The summed E-state index contributed by atoms with van der Waals surface area (Å²) in [6, 6.07) is 0. The van der Waals surface area contributed by atoms with Gasteiger partial charge < -0.3 is 10.2 Å². The molecule has 0 spiro atoms. The highest BCUT2D eigenvalue weighted by molar-refractivity contribution is 5.77. The van der Waals surface area contributed by atoms with Gasteiger partial charge in [0.2, 0.25) is 5.91 Å². The molecule has 3 heteroatoms. The van der Waals surface area contributed by atoms with Gasteiger partial charge in [-0.05, 0) is 32.2 Å². The highest BCUT2D eigenvalue weighted by Gasteiger charge is 2.35. The molecule has 1 saturated heterocycles. The van der Waals surface area contributed by atoms with Crippen LogP contribution in [0, 0.1) is 5.92 Å². The lowest BCUT2D eigenvalue weighted by Crippen LogP contribution is -2.48. The fraction of sp³-hybridized carbons (Fsp3) is 0.933. The van der Waals surface area contributed by atoms with Crippen LogP contribution in [-0.2, 0) is 4.79 Å². The summed E-state index contributed by atoms with van der Waals surface area (Å²) in [6.45, 7) is 4.21. The summed E-state index contributed by atoms with van der Waals surface area (Å²) in [4.78, 5) is 14.5. The lowest BCUT2D eigenvalue weighted by molar-refractivity contribution is -0.132. The molecule has 0 aromatic heterocycles. The van der Waals surface area contributed by atoms with E-state index in [-0.39, 0.29) is 5.54 Å². The predicted molar refractivity (Wildman–Crippen MR) is 74.5 cm³/mol. The standard InChI is InChI=1S/C15H28N2O/c1-3-13-7-10-17(12-13)14(18)11-15(16-2)8-5-4-6-9-15/h13,16H,3-12H2,1-2H3. The van der Waals surface area contributed by atoms with Crippen molar-refractivity contribution in [3.63, 3.8) is 0 Å². The summed E-state index contributed by atoms with van der Waals surface area (Å²) in [7, 11) is 2.03. The van der Waals surface area contributed by atoms with Crippen molar-refractivity contribution in [2.45, 2.75) is 63.8 Å². The van der Waals surface area contributed by atoms with E-state index in [2.05, 4.69) is 17.1 Å². The Labute approximate surface area is 111 Å². The number of hydrogen-bond donors (Lipinski definition) is 1. The van der Waals surface area contributed by atoms with E-state index in [0.29, 0.717) is 12.3 Å². The zero-order valence-electron chi connectivity index (χ0n) is 12.0. The zero-order valence-corrected chi connectivity index (χ0v) is 12.0. The first-order valence-corrected chi connectivity index (χ1v) is 7.66. The average Bonchev–Trinajstić information content (AvgIpc) is 2.88. The molecule has 1 amide bonds. The van der Waals surface area contributed by atoms with Gasteiger partial charge in [0, 0.05) is 25.0 Å². The summed E-state index contributed by atoms with van der Waals surface area (Å²) >= 11 is 0. The van der Waals surface area contributed by atoms with Crippen LogP contribution in [0.25, 0.3) is 0 Å². The van der Waals surface area contributed by atoms with E-state index in [1.807, 2.05) is 7.05 Å².